The Kier molecular flexibility index (Phi) is 0.768. The Morgan fingerprint density at radius 2 is 2.50 bits per heavy atom. The fourth-order valence-electron chi connectivity index (χ4n) is 0.882. The minimum atomic E-state index is 0.0671. The summed E-state index contributed by atoms with van der Waals surface area (Å²) in [6, 6.07) is 0. The third-order valence-corrected chi connectivity index (χ3v) is 1.34. The molecular weight excluding hydrogens is 130 g/mol. The van der Waals surface area contributed by atoms with Gasteiger partial charge in [-0.05, 0) is 0 Å². The van der Waals surface area contributed by atoms with Gasteiger partial charge in [-0.1, -0.05) is 6.58 Å². The van der Waals surface area contributed by atoms with Crippen molar-refractivity contribution in [1.29, 1.82) is 5.41 Å². The first kappa shape index (κ1) is 5.22. The fourth-order valence-corrected chi connectivity index (χ4v) is 0.882. The van der Waals surface area contributed by atoms with Gasteiger partial charge in [0.2, 0.25) is 0 Å². The number of nitrogens with zero attached hydrogens (tertiary/aromatic N) is 2. The number of nitrogens with one attached hydrogen (secondary N) is 1. The highest BCUT2D eigenvalue weighted by Crippen LogP contribution is 1.88. The highest BCUT2D eigenvalue weighted by atomic mass is 16.3. The average molecular weight is 135 g/mol. The summed E-state index contributed by atoms with van der Waals surface area (Å²) in [4.78, 5) is 3.93. The van der Waals surface area contributed by atoms with Gasteiger partial charge in [-0.15, -0.1) is 0 Å². The van der Waals surface area contributed by atoms with Crippen molar-refractivity contribution in [3.05, 3.63) is 23.5 Å². The van der Waals surface area contributed by atoms with Crippen LogP contribution in [0.3, 0.4) is 0 Å². The molecule has 0 fully saturated rings. The van der Waals surface area contributed by atoms with Crippen LogP contribution >= 0.6 is 0 Å². The SMILES string of the molecule is C=c1cnc2coc(=N)n12. The summed E-state index contributed by atoms with van der Waals surface area (Å²) in [5.41, 5.74) is 0.701. The third-order valence-electron chi connectivity index (χ3n) is 1.34. The molecule has 0 aliphatic heterocycles. The van der Waals surface area contributed by atoms with Gasteiger partial charge in [0.05, 0.1) is 11.5 Å². The summed E-state index contributed by atoms with van der Waals surface area (Å²) in [5, 5.41) is 7.89. The van der Waals surface area contributed by atoms with Gasteiger partial charge in [0, 0.05) is 0 Å². The first-order valence-electron chi connectivity index (χ1n) is 2.77. The van der Waals surface area contributed by atoms with E-state index in [4.69, 9.17) is 9.83 Å². The molecule has 2 aromatic rings. The zero-order valence-electron chi connectivity index (χ0n) is 5.16. The van der Waals surface area contributed by atoms with Gasteiger partial charge in [-0.25, -0.2) is 9.38 Å². The number of imidazole rings is 1. The molecule has 0 amide bonds. The zero-order chi connectivity index (χ0) is 7.14. The number of fused-ring (bicyclic) bond motifs is 1. The van der Waals surface area contributed by atoms with Crippen LogP contribution in [0.25, 0.3) is 12.2 Å². The molecule has 0 unspecified atom stereocenters. The van der Waals surface area contributed by atoms with Crippen molar-refractivity contribution in [2.45, 2.75) is 0 Å². The highest BCUT2D eigenvalue weighted by Gasteiger charge is 1.97. The fraction of sp³-hybridized carbons (Fsp3) is 0. The van der Waals surface area contributed by atoms with Gasteiger partial charge >= 0.3 is 0 Å². The lowest BCUT2D eigenvalue weighted by atomic mass is 10.7. The average Bonchev–Trinajstić information content (AvgIpc) is 2.40. The van der Waals surface area contributed by atoms with Gasteiger partial charge in [-0.2, -0.15) is 0 Å². The lowest BCUT2D eigenvalue weighted by molar-refractivity contribution is 0.478. The standard InChI is InChI=1S/C6H5N3O/c1-4-2-8-5-3-10-6(7)9(4)5/h2-3,7H,1H2. The Morgan fingerprint density at radius 3 is 3.20 bits per heavy atom. The summed E-state index contributed by atoms with van der Waals surface area (Å²) in [5.74, 6) is 0. The first-order chi connectivity index (χ1) is 4.79. The summed E-state index contributed by atoms with van der Waals surface area (Å²) >= 11 is 0. The summed E-state index contributed by atoms with van der Waals surface area (Å²) in [7, 11) is 0. The summed E-state index contributed by atoms with van der Waals surface area (Å²) < 4.78 is 6.29. The highest BCUT2D eigenvalue weighted by molar-refractivity contribution is 5.33. The lowest BCUT2D eigenvalue weighted by Gasteiger charge is -1.74. The molecule has 0 spiro atoms. The Morgan fingerprint density at radius 1 is 1.70 bits per heavy atom. The summed E-state index contributed by atoms with van der Waals surface area (Å²) in [6.07, 6.45) is 3.03. The largest absolute Gasteiger partial charge is 0.430 e. The molecule has 4 nitrogen and oxygen atoms in total. The molecule has 2 heterocycles. The van der Waals surface area contributed by atoms with Crippen LogP contribution in [0.1, 0.15) is 0 Å². The van der Waals surface area contributed by atoms with Gasteiger partial charge in [0.25, 0.3) is 5.68 Å². The van der Waals surface area contributed by atoms with Gasteiger partial charge in [0.15, 0.2) is 5.65 Å². The Hall–Kier alpha value is -1.58. The van der Waals surface area contributed by atoms with Crippen LogP contribution in [0.2, 0.25) is 0 Å². The second-order valence-electron chi connectivity index (χ2n) is 1.98. The molecule has 2 aromatic heterocycles. The maximum Gasteiger partial charge on any atom is 0.300 e. The molecule has 0 saturated heterocycles. The Labute approximate surface area is 55.9 Å². The van der Waals surface area contributed by atoms with Crippen LogP contribution in [0.4, 0.5) is 0 Å². The van der Waals surface area contributed by atoms with E-state index < -0.39 is 0 Å². The van der Waals surface area contributed by atoms with E-state index in [0.29, 0.717) is 11.0 Å². The zero-order valence-corrected chi connectivity index (χ0v) is 5.16. The van der Waals surface area contributed by atoms with E-state index in [1.807, 2.05) is 0 Å². The van der Waals surface area contributed by atoms with Crippen molar-refractivity contribution >= 4 is 12.2 Å². The van der Waals surface area contributed by atoms with Crippen LogP contribution in [-0.4, -0.2) is 9.38 Å². The van der Waals surface area contributed by atoms with E-state index in [0.717, 1.165) is 0 Å². The number of oxazole rings is 1. The summed E-state index contributed by atoms with van der Waals surface area (Å²) in [6.45, 7) is 3.66. The van der Waals surface area contributed by atoms with Gasteiger partial charge < -0.3 is 4.42 Å². The molecular formula is C6H5N3O. The smallest absolute Gasteiger partial charge is 0.300 e. The quantitative estimate of drug-likeness (QED) is 0.531. The second-order valence-corrected chi connectivity index (χ2v) is 1.98. The number of hydrogen-bond acceptors (Lipinski definition) is 3. The van der Waals surface area contributed by atoms with E-state index in [9.17, 15) is 0 Å². The topological polar surface area (TPSA) is 54.3 Å². The Bertz CT molecular complexity index is 413. The lowest BCUT2D eigenvalue weighted by Crippen LogP contribution is -2.17. The van der Waals surface area contributed by atoms with Crippen LogP contribution in [0.15, 0.2) is 16.9 Å². The molecule has 1 N–H and O–H groups in total. The van der Waals surface area contributed by atoms with Gasteiger partial charge in [0.1, 0.15) is 6.26 Å². The molecule has 2 rings (SSSR count). The monoisotopic (exact) mass is 135 g/mol. The molecule has 4 heteroatoms. The maximum atomic E-state index is 7.22. The van der Waals surface area contributed by atoms with E-state index in [1.54, 1.807) is 6.20 Å². The first-order valence-corrected chi connectivity index (χ1v) is 2.77. The molecule has 0 aromatic carbocycles. The number of hydrogen-bond donors (Lipinski definition) is 1. The normalized spacial score (nSPS) is 10.8. The van der Waals surface area contributed by atoms with Crippen LogP contribution in [0, 0.1) is 5.41 Å². The molecule has 0 aliphatic rings. The van der Waals surface area contributed by atoms with E-state index in [2.05, 4.69) is 11.6 Å². The van der Waals surface area contributed by atoms with Crippen molar-refractivity contribution in [3.63, 3.8) is 0 Å². The minimum Gasteiger partial charge on any atom is -0.430 e. The molecule has 0 saturated carbocycles. The maximum absolute atomic E-state index is 7.22. The predicted molar refractivity (Wildman–Crippen MR) is 34.1 cm³/mol. The van der Waals surface area contributed by atoms with Crippen molar-refractivity contribution in [2.75, 3.05) is 0 Å². The van der Waals surface area contributed by atoms with Gasteiger partial charge in [-0.3, -0.25) is 5.41 Å². The van der Waals surface area contributed by atoms with Crippen LogP contribution < -0.4 is 11.0 Å². The van der Waals surface area contributed by atoms with E-state index in [-0.39, 0.29) is 5.68 Å². The van der Waals surface area contributed by atoms with E-state index >= 15 is 0 Å². The molecule has 0 radical (unpaired) electrons. The number of rotatable bonds is 0. The third kappa shape index (κ3) is 0.452. The van der Waals surface area contributed by atoms with Crippen LogP contribution in [-0.2, 0) is 0 Å². The predicted octanol–water partition coefficient (Wildman–Crippen LogP) is -0.464. The molecule has 0 atom stereocenters. The minimum absolute atomic E-state index is 0.0671. The van der Waals surface area contributed by atoms with Crippen molar-refractivity contribution in [2.24, 2.45) is 0 Å². The molecule has 0 aliphatic carbocycles. The van der Waals surface area contributed by atoms with E-state index in [1.165, 1.54) is 10.7 Å². The van der Waals surface area contributed by atoms with Crippen molar-refractivity contribution in [1.82, 2.24) is 9.38 Å². The second kappa shape index (κ2) is 1.47. The Balaban J connectivity index is 3.28. The van der Waals surface area contributed by atoms with Crippen molar-refractivity contribution < 1.29 is 4.42 Å². The van der Waals surface area contributed by atoms with Crippen molar-refractivity contribution in [3.8, 4) is 0 Å². The molecule has 50 valence electrons. The molecule has 10 heavy (non-hydrogen) atoms. The molecule has 0 bridgehead atoms. The van der Waals surface area contributed by atoms with Crippen LogP contribution in [0.5, 0.6) is 0 Å². The number of aromatic nitrogens is 2.